The quantitative estimate of drug-likeness (QED) is 0.804. The first-order chi connectivity index (χ1) is 12.7. The number of benzene rings is 1. The molecule has 0 bridgehead atoms. The van der Waals surface area contributed by atoms with E-state index >= 15 is 0 Å². The molecule has 3 rings (SSSR count). The highest BCUT2D eigenvalue weighted by molar-refractivity contribution is 6.30. The monoisotopic (exact) mass is 372 g/mol. The smallest absolute Gasteiger partial charge is 0.165 e. The molecule has 0 atom stereocenters. The van der Waals surface area contributed by atoms with Crippen molar-refractivity contribution in [2.45, 2.75) is 6.54 Å². The van der Waals surface area contributed by atoms with Gasteiger partial charge in [0, 0.05) is 55.6 Å². The Hall–Kier alpha value is -2.49. The van der Waals surface area contributed by atoms with Crippen molar-refractivity contribution in [1.82, 2.24) is 9.88 Å². The Balaban J connectivity index is 1.70. The molecule has 1 aliphatic rings. The van der Waals surface area contributed by atoms with Gasteiger partial charge in [-0.05, 0) is 18.2 Å². The lowest BCUT2D eigenvalue weighted by atomic mass is 10.1. The number of piperazine rings is 1. The molecule has 0 amide bonds. The summed E-state index contributed by atoms with van der Waals surface area (Å²) in [7, 11) is 3.24. The minimum absolute atomic E-state index is 0.613. The van der Waals surface area contributed by atoms with Crippen molar-refractivity contribution in [2.75, 3.05) is 45.3 Å². The Morgan fingerprint density at radius 2 is 1.96 bits per heavy atom. The summed E-state index contributed by atoms with van der Waals surface area (Å²) < 4.78 is 10.9. The summed E-state index contributed by atoms with van der Waals surface area (Å²) in [5, 5.41) is 9.89. The molecule has 2 aromatic rings. The zero-order valence-corrected chi connectivity index (χ0v) is 15.7. The summed E-state index contributed by atoms with van der Waals surface area (Å²) in [5.74, 6) is 2.12. The maximum atomic E-state index is 9.26. The third-order valence-electron chi connectivity index (χ3n) is 4.49. The lowest BCUT2D eigenvalue weighted by Crippen LogP contribution is -2.46. The standard InChI is InChI=1S/C19H21ClN4O2/c1-25-17-11-16(20)10-15(18(17)26-2)13-23-6-8-24(9-7-23)19-14(12-21)4-3-5-22-19/h3-5,10-11H,6-9,13H2,1-2H3. The van der Waals surface area contributed by atoms with Gasteiger partial charge in [0.15, 0.2) is 11.5 Å². The van der Waals surface area contributed by atoms with Gasteiger partial charge >= 0.3 is 0 Å². The highest BCUT2D eigenvalue weighted by atomic mass is 35.5. The van der Waals surface area contributed by atoms with Crippen LogP contribution in [0.4, 0.5) is 5.82 Å². The molecule has 0 radical (unpaired) electrons. The molecule has 1 aromatic heterocycles. The summed E-state index contributed by atoms with van der Waals surface area (Å²) in [6, 6.07) is 9.48. The van der Waals surface area contributed by atoms with E-state index in [-0.39, 0.29) is 0 Å². The molecule has 136 valence electrons. The molecular weight excluding hydrogens is 352 g/mol. The fourth-order valence-electron chi connectivity index (χ4n) is 3.22. The van der Waals surface area contributed by atoms with Crippen molar-refractivity contribution in [3.8, 4) is 17.6 Å². The molecule has 26 heavy (non-hydrogen) atoms. The number of methoxy groups -OCH3 is 2. The van der Waals surface area contributed by atoms with Gasteiger partial charge < -0.3 is 14.4 Å². The van der Waals surface area contributed by atoms with Gasteiger partial charge in [0.2, 0.25) is 0 Å². The molecule has 0 unspecified atom stereocenters. The van der Waals surface area contributed by atoms with Crippen molar-refractivity contribution in [1.29, 1.82) is 5.26 Å². The summed E-state index contributed by atoms with van der Waals surface area (Å²) in [4.78, 5) is 8.86. The van der Waals surface area contributed by atoms with E-state index in [0.717, 1.165) is 49.9 Å². The van der Waals surface area contributed by atoms with Crippen molar-refractivity contribution < 1.29 is 9.47 Å². The van der Waals surface area contributed by atoms with Gasteiger partial charge in [-0.25, -0.2) is 4.98 Å². The van der Waals surface area contributed by atoms with Crippen LogP contribution >= 0.6 is 11.6 Å². The summed E-state index contributed by atoms with van der Waals surface area (Å²) in [6.45, 7) is 4.07. The fourth-order valence-corrected chi connectivity index (χ4v) is 3.45. The predicted molar refractivity (Wildman–Crippen MR) is 101 cm³/mol. The van der Waals surface area contributed by atoms with Gasteiger partial charge in [-0.2, -0.15) is 5.26 Å². The molecule has 1 saturated heterocycles. The molecule has 0 N–H and O–H groups in total. The number of anilines is 1. The number of rotatable bonds is 5. The second-order valence-corrected chi connectivity index (χ2v) is 6.49. The number of nitriles is 1. The maximum Gasteiger partial charge on any atom is 0.165 e. The molecule has 1 fully saturated rings. The first-order valence-electron chi connectivity index (χ1n) is 8.39. The Bertz CT molecular complexity index is 814. The van der Waals surface area contributed by atoms with Crippen LogP contribution in [0.5, 0.6) is 11.5 Å². The van der Waals surface area contributed by atoms with Crippen LogP contribution in [-0.4, -0.2) is 50.3 Å². The van der Waals surface area contributed by atoms with Gasteiger partial charge in [-0.15, -0.1) is 0 Å². The zero-order valence-electron chi connectivity index (χ0n) is 14.9. The molecule has 6 nitrogen and oxygen atoms in total. The van der Waals surface area contributed by atoms with Crippen molar-refractivity contribution in [3.63, 3.8) is 0 Å². The molecule has 1 aromatic carbocycles. The lowest BCUT2D eigenvalue weighted by molar-refractivity contribution is 0.244. The van der Waals surface area contributed by atoms with Crippen molar-refractivity contribution in [3.05, 3.63) is 46.6 Å². The molecule has 0 aliphatic carbocycles. The highest BCUT2D eigenvalue weighted by Crippen LogP contribution is 2.35. The summed E-state index contributed by atoms with van der Waals surface area (Å²) in [6.07, 6.45) is 1.73. The minimum atomic E-state index is 0.613. The first-order valence-corrected chi connectivity index (χ1v) is 8.77. The van der Waals surface area contributed by atoms with Crippen molar-refractivity contribution >= 4 is 17.4 Å². The predicted octanol–water partition coefficient (Wildman–Crippen LogP) is 2.95. The number of halogens is 1. The largest absolute Gasteiger partial charge is 0.493 e. The van der Waals surface area contributed by atoms with Crippen LogP contribution in [0.2, 0.25) is 5.02 Å². The molecular formula is C19H21ClN4O2. The molecule has 1 aliphatic heterocycles. The Labute approximate surface area is 158 Å². The third-order valence-corrected chi connectivity index (χ3v) is 4.71. The van der Waals surface area contributed by atoms with Crippen molar-refractivity contribution in [2.24, 2.45) is 0 Å². The minimum Gasteiger partial charge on any atom is -0.493 e. The number of ether oxygens (including phenoxy) is 2. The van der Waals surface area contributed by atoms with Crippen LogP contribution < -0.4 is 14.4 Å². The van der Waals surface area contributed by atoms with Crippen LogP contribution in [0.1, 0.15) is 11.1 Å². The molecule has 0 saturated carbocycles. The van der Waals surface area contributed by atoms with E-state index in [0.29, 0.717) is 16.3 Å². The topological polar surface area (TPSA) is 61.6 Å². The van der Waals surface area contributed by atoms with Gasteiger partial charge in [-0.1, -0.05) is 11.6 Å². The Kier molecular flexibility index (Phi) is 5.82. The Morgan fingerprint density at radius 1 is 1.19 bits per heavy atom. The van der Waals surface area contributed by atoms with E-state index in [2.05, 4.69) is 20.9 Å². The van der Waals surface area contributed by atoms with Crippen LogP contribution in [0.15, 0.2) is 30.5 Å². The summed E-state index contributed by atoms with van der Waals surface area (Å²) >= 11 is 6.21. The number of pyridine rings is 1. The average molecular weight is 373 g/mol. The van der Waals surface area contributed by atoms with Gasteiger partial charge in [0.25, 0.3) is 0 Å². The highest BCUT2D eigenvalue weighted by Gasteiger charge is 2.22. The zero-order chi connectivity index (χ0) is 18.5. The first kappa shape index (κ1) is 18.3. The fraction of sp³-hybridized carbons (Fsp3) is 0.368. The van der Waals surface area contributed by atoms with Crippen LogP contribution in [0, 0.1) is 11.3 Å². The Morgan fingerprint density at radius 3 is 2.62 bits per heavy atom. The second-order valence-electron chi connectivity index (χ2n) is 6.05. The van der Waals surface area contributed by atoms with Gasteiger partial charge in [0.1, 0.15) is 11.9 Å². The van der Waals surface area contributed by atoms with E-state index < -0.39 is 0 Å². The number of hydrogen-bond acceptors (Lipinski definition) is 6. The van der Waals surface area contributed by atoms with E-state index in [9.17, 15) is 5.26 Å². The van der Waals surface area contributed by atoms with E-state index in [1.807, 2.05) is 6.07 Å². The number of hydrogen-bond donors (Lipinski definition) is 0. The number of nitrogens with zero attached hydrogens (tertiary/aromatic N) is 4. The lowest BCUT2D eigenvalue weighted by Gasteiger charge is -2.36. The van der Waals surface area contributed by atoms with Gasteiger partial charge in [0.05, 0.1) is 19.8 Å². The van der Waals surface area contributed by atoms with Crippen LogP contribution in [0.3, 0.4) is 0 Å². The normalized spacial score (nSPS) is 14.8. The summed E-state index contributed by atoms with van der Waals surface area (Å²) in [5.41, 5.74) is 1.61. The van der Waals surface area contributed by atoms with Crippen LogP contribution in [0.25, 0.3) is 0 Å². The van der Waals surface area contributed by atoms with E-state index in [1.165, 1.54) is 0 Å². The maximum absolute atomic E-state index is 9.26. The molecule has 2 heterocycles. The number of aromatic nitrogens is 1. The van der Waals surface area contributed by atoms with Gasteiger partial charge in [-0.3, -0.25) is 4.90 Å². The molecule has 7 heteroatoms. The third kappa shape index (κ3) is 3.85. The SMILES string of the molecule is COc1cc(Cl)cc(CN2CCN(c3ncccc3C#N)CC2)c1OC. The van der Waals surface area contributed by atoms with E-state index in [4.69, 9.17) is 21.1 Å². The second kappa shape index (κ2) is 8.26. The average Bonchev–Trinajstić information content (AvgIpc) is 2.68. The van der Waals surface area contributed by atoms with Crippen LogP contribution in [-0.2, 0) is 6.54 Å². The molecule has 0 spiro atoms. The van der Waals surface area contributed by atoms with E-state index in [1.54, 1.807) is 38.6 Å².